The summed E-state index contributed by atoms with van der Waals surface area (Å²) in [5.41, 5.74) is 10.2. The minimum atomic E-state index is 0.366. The van der Waals surface area contributed by atoms with E-state index in [0.29, 0.717) is 42.5 Å². The summed E-state index contributed by atoms with van der Waals surface area (Å²) in [5.74, 6) is 1.94. The Kier molecular flexibility index (Phi) is 6.60. The molecule has 0 saturated heterocycles. The van der Waals surface area contributed by atoms with Crippen molar-refractivity contribution in [2.45, 2.75) is 26.3 Å². The van der Waals surface area contributed by atoms with Crippen molar-refractivity contribution >= 4 is 22.7 Å². The number of para-hydroxylation sites is 2. The monoisotopic (exact) mass is 441 g/mol. The molecule has 0 atom stereocenters. The maximum absolute atomic E-state index is 9.56. The van der Waals surface area contributed by atoms with Crippen LogP contribution in [0.1, 0.15) is 29.0 Å². The number of furan rings is 1. The summed E-state index contributed by atoms with van der Waals surface area (Å²) >= 11 is 0. The lowest BCUT2D eigenvalue weighted by molar-refractivity contribution is 0.534. The van der Waals surface area contributed by atoms with Crippen LogP contribution in [-0.2, 0) is 13.0 Å². The van der Waals surface area contributed by atoms with Crippen LogP contribution in [0.3, 0.4) is 0 Å². The maximum atomic E-state index is 9.56. The number of hydrogen-bond acceptors (Lipinski definition) is 5. The summed E-state index contributed by atoms with van der Waals surface area (Å²) in [7, 11) is 1.73. The smallest absolute Gasteiger partial charge is 0.191 e. The number of nitrogens with one attached hydrogen (secondary N) is 2. The molecule has 4 N–H and O–H groups in total. The van der Waals surface area contributed by atoms with Crippen molar-refractivity contribution < 1.29 is 4.42 Å². The van der Waals surface area contributed by atoms with Gasteiger partial charge in [0.1, 0.15) is 28.8 Å². The van der Waals surface area contributed by atoms with Crippen LogP contribution in [0.25, 0.3) is 16.7 Å². The van der Waals surface area contributed by atoms with E-state index >= 15 is 0 Å². The number of guanidine groups is 1. The van der Waals surface area contributed by atoms with Gasteiger partial charge in [0.25, 0.3) is 0 Å². The molecule has 4 aromatic rings. The lowest BCUT2D eigenvalue weighted by Crippen LogP contribution is -2.37. The summed E-state index contributed by atoms with van der Waals surface area (Å²) < 4.78 is 7.58. The van der Waals surface area contributed by atoms with E-state index in [1.807, 2.05) is 48.5 Å². The zero-order valence-electron chi connectivity index (χ0n) is 18.8. The van der Waals surface area contributed by atoms with Crippen LogP contribution in [0.5, 0.6) is 0 Å². The van der Waals surface area contributed by atoms with Crippen molar-refractivity contribution in [3.8, 4) is 11.8 Å². The number of nitriles is 1. The predicted octanol–water partition coefficient (Wildman–Crippen LogP) is 3.68. The Balaban J connectivity index is 1.32. The number of benzene rings is 2. The Morgan fingerprint density at radius 2 is 1.91 bits per heavy atom. The third kappa shape index (κ3) is 4.67. The highest BCUT2D eigenvalue weighted by molar-refractivity contribution is 5.82. The molecule has 0 aliphatic rings. The quantitative estimate of drug-likeness (QED) is 0.229. The Morgan fingerprint density at radius 1 is 1.15 bits per heavy atom. The van der Waals surface area contributed by atoms with Crippen molar-refractivity contribution in [2.75, 3.05) is 19.3 Å². The minimum absolute atomic E-state index is 0.366. The molecule has 2 aromatic carbocycles. The predicted molar refractivity (Wildman–Crippen MR) is 130 cm³/mol. The molecule has 8 heteroatoms. The number of rotatable bonds is 7. The van der Waals surface area contributed by atoms with Crippen LogP contribution >= 0.6 is 0 Å². The maximum Gasteiger partial charge on any atom is 0.191 e. The molecule has 0 amide bonds. The zero-order valence-corrected chi connectivity index (χ0v) is 18.8. The van der Waals surface area contributed by atoms with Crippen molar-refractivity contribution in [1.29, 1.82) is 5.26 Å². The Hall–Kier alpha value is -4.25. The van der Waals surface area contributed by atoms with Gasteiger partial charge in [-0.3, -0.25) is 4.99 Å². The first-order chi connectivity index (χ1) is 16.1. The van der Waals surface area contributed by atoms with Crippen LogP contribution < -0.4 is 16.4 Å². The van der Waals surface area contributed by atoms with E-state index in [1.54, 1.807) is 11.7 Å². The molecule has 168 valence electrons. The Morgan fingerprint density at radius 3 is 2.64 bits per heavy atom. The van der Waals surface area contributed by atoms with Gasteiger partial charge in [-0.25, -0.2) is 4.68 Å². The molecule has 33 heavy (non-hydrogen) atoms. The lowest BCUT2D eigenvalue weighted by atomic mass is 10.1. The fourth-order valence-electron chi connectivity index (χ4n) is 3.78. The van der Waals surface area contributed by atoms with E-state index in [-0.39, 0.29) is 0 Å². The van der Waals surface area contributed by atoms with Gasteiger partial charge in [0.15, 0.2) is 5.96 Å². The van der Waals surface area contributed by atoms with E-state index in [1.165, 1.54) is 0 Å². The molecule has 0 aliphatic carbocycles. The van der Waals surface area contributed by atoms with E-state index in [2.05, 4.69) is 39.8 Å². The van der Waals surface area contributed by atoms with Crippen molar-refractivity contribution in [2.24, 2.45) is 4.99 Å². The molecule has 0 fully saturated rings. The zero-order chi connectivity index (χ0) is 23.2. The highest BCUT2D eigenvalue weighted by Gasteiger charge is 2.16. The molecule has 0 aliphatic heterocycles. The minimum Gasteiger partial charge on any atom is -0.459 e. The highest BCUT2D eigenvalue weighted by atomic mass is 16.3. The number of fused-ring (bicyclic) bond motifs is 1. The van der Waals surface area contributed by atoms with E-state index < -0.39 is 0 Å². The highest BCUT2D eigenvalue weighted by Crippen LogP contribution is 2.24. The molecule has 4 rings (SSSR count). The second kappa shape index (κ2) is 9.92. The van der Waals surface area contributed by atoms with E-state index in [0.717, 1.165) is 34.4 Å². The fourth-order valence-corrected chi connectivity index (χ4v) is 3.78. The molecule has 0 spiro atoms. The van der Waals surface area contributed by atoms with Gasteiger partial charge < -0.3 is 20.8 Å². The third-order valence-corrected chi connectivity index (χ3v) is 5.57. The number of aryl methyl sites for hydroxylation is 2. The second-order valence-corrected chi connectivity index (χ2v) is 7.67. The molecule has 2 heterocycles. The number of nitrogens with two attached hydrogens (primary N) is 1. The molecule has 0 unspecified atom stereocenters. The molecule has 0 saturated carbocycles. The summed E-state index contributed by atoms with van der Waals surface area (Å²) in [4.78, 5) is 4.28. The van der Waals surface area contributed by atoms with Crippen LogP contribution in [0.2, 0.25) is 0 Å². The first-order valence-electron chi connectivity index (χ1n) is 10.9. The van der Waals surface area contributed by atoms with Crippen molar-refractivity contribution in [3.05, 3.63) is 77.2 Å². The van der Waals surface area contributed by atoms with Crippen molar-refractivity contribution in [1.82, 2.24) is 20.4 Å². The average Bonchev–Trinajstić information content (AvgIpc) is 3.35. The molecule has 2 aromatic heterocycles. The summed E-state index contributed by atoms with van der Waals surface area (Å²) in [6.07, 6.45) is 1.39. The van der Waals surface area contributed by atoms with Crippen LogP contribution in [-0.4, -0.2) is 29.3 Å². The Bertz CT molecular complexity index is 1310. The van der Waals surface area contributed by atoms with Gasteiger partial charge in [-0.05, 0) is 38.0 Å². The van der Waals surface area contributed by atoms with Gasteiger partial charge in [0, 0.05) is 24.5 Å². The summed E-state index contributed by atoms with van der Waals surface area (Å²) in [5, 5.41) is 21.9. The molecular weight excluding hydrogens is 414 g/mol. The normalized spacial score (nSPS) is 11.5. The van der Waals surface area contributed by atoms with E-state index in [9.17, 15) is 5.26 Å². The summed E-state index contributed by atoms with van der Waals surface area (Å²) in [6, 6.07) is 19.8. The number of hydrogen-bond donors (Lipinski definition) is 3. The first kappa shape index (κ1) is 22.0. The van der Waals surface area contributed by atoms with Crippen molar-refractivity contribution in [3.63, 3.8) is 0 Å². The number of aromatic nitrogens is 2. The first-order valence-corrected chi connectivity index (χ1v) is 10.9. The Labute approximate surface area is 192 Å². The van der Waals surface area contributed by atoms with Gasteiger partial charge in [-0.15, -0.1) is 0 Å². The topological polar surface area (TPSA) is 117 Å². The van der Waals surface area contributed by atoms with Gasteiger partial charge in [-0.1, -0.05) is 36.4 Å². The molecule has 0 bridgehead atoms. The van der Waals surface area contributed by atoms with Gasteiger partial charge in [0.05, 0.1) is 17.9 Å². The van der Waals surface area contributed by atoms with Gasteiger partial charge >= 0.3 is 0 Å². The van der Waals surface area contributed by atoms with Crippen LogP contribution in [0, 0.1) is 18.3 Å². The lowest BCUT2D eigenvalue weighted by Gasteiger charge is -2.11. The number of anilines is 1. The number of nitrogen functional groups attached to an aromatic ring is 1. The molecule has 0 radical (unpaired) electrons. The molecule has 8 nitrogen and oxygen atoms in total. The SMILES string of the molecule is CN=C(NCCCc1nn(-c2ccccc2)c(N)c1C#N)NCc1oc2ccccc2c1C. The van der Waals surface area contributed by atoms with Gasteiger partial charge in [0.2, 0.25) is 0 Å². The molecular formula is C25H27N7O. The standard InChI is InChI=1S/C25H27N7O/c1-17-19-11-6-7-13-22(19)33-23(17)16-30-25(28-2)29-14-8-12-21-20(15-26)24(27)32(31-21)18-9-4-3-5-10-18/h3-7,9-11,13H,8,12,14,16,27H2,1-2H3,(H2,28,29,30). The fraction of sp³-hybridized carbons (Fsp3) is 0.240. The van der Waals surface area contributed by atoms with Gasteiger partial charge in [-0.2, -0.15) is 10.4 Å². The largest absolute Gasteiger partial charge is 0.459 e. The summed E-state index contributed by atoms with van der Waals surface area (Å²) in [6.45, 7) is 3.27. The van der Waals surface area contributed by atoms with E-state index in [4.69, 9.17) is 10.2 Å². The van der Waals surface area contributed by atoms with Crippen LogP contribution in [0.15, 0.2) is 64.0 Å². The van der Waals surface area contributed by atoms with Crippen LogP contribution in [0.4, 0.5) is 5.82 Å². The number of aliphatic imine (C=N–C) groups is 1. The second-order valence-electron chi connectivity index (χ2n) is 7.67. The average molecular weight is 442 g/mol. The third-order valence-electron chi connectivity index (χ3n) is 5.57. The number of nitrogens with zero attached hydrogens (tertiary/aromatic N) is 4.